The number of nitrogens with zero attached hydrogens (tertiary/aromatic N) is 2. The van der Waals surface area contributed by atoms with Crippen LogP contribution in [0.3, 0.4) is 0 Å². The normalized spacial score (nSPS) is 9.79. The molecule has 0 bridgehead atoms. The van der Waals surface area contributed by atoms with Crippen molar-refractivity contribution >= 4 is 66.3 Å². The van der Waals surface area contributed by atoms with Crippen LogP contribution < -0.4 is 5.43 Å². The molecule has 0 radical (unpaired) electrons. The Kier molecular flexibility index (Phi) is 11.9. The fourth-order valence-electron chi connectivity index (χ4n) is 2.26. The van der Waals surface area contributed by atoms with Crippen molar-refractivity contribution in [1.29, 1.82) is 0 Å². The molecule has 1 N–H and O–H groups in total. The van der Waals surface area contributed by atoms with Gasteiger partial charge in [-0.05, 0) is 39.0 Å². The summed E-state index contributed by atoms with van der Waals surface area (Å²) in [6, 6.07) is 12.0. The fraction of sp³-hybridized carbons (Fsp3) is 0.222. The first-order valence-electron chi connectivity index (χ1n) is 7.76. The lowest BCUT2D eigenvalue weighted by Crippen LogP contribution is -2.56. The van der Waals surface area contributed by atoms with Gasteiger partial charge in [0, 0.05) is 6.07 Å². The monoisotopic (exact) mass is 483 g/mol. The molecule has 0 aromatic heterocycles. The zero-order valence-corrected chi connectivity index (χ0v) is 19.0. The largest absolute Gasteiger partial charge is 0.282 e. The molecule has 0 spiro atoms. The predicted molar refractivity (Wildman–Crippen MR) is 120 cm³/mol. The highest BCUT2D eigenvalue weighted by Gasteiger charge is 2.33. The molecule has 11 heteroatoms. The number of carbonyl (C=O) groups is 2. The summed E-state index contributed by atoms with van der Waals surface area (Å²) in [4.78, 5) is 36.1. The summed E-state index contributed by atoms with van der Waals surface area (Å²) in [5.74, 6) is -1.28. The van der Waals surface area contributed by atoms with E-state index in [9.17, 15) is 19.7 Å². The molecule has 0 fully saturated rings. The summed E-state index contributed by atoms with van der Waals surface area (Å²) in [7, 11) is 0. The molecule has 2 aromatic carbocycles. The van der Waals surface area contributed by atoms with E-state index in [4.69, 9.17) is 11.6 Å². The molecule has 2 aromatic rings. The molecule has 0 unspecified atom stereocenters. The number of nitro groups is 1. The van der Waals surface area contributed by atoms with Gasteiger partial charge in [-0.25, -0.2) is 5.01 Å². The summed E-state index contributed by atoms with van der Waals surface area (Å²) in [5.41, 5.74) is 1.42. The zero-order valence-electron chi connectivity index (χ0n) is 15.7. The molecule has 0 aliphatic carbocycles. The highest BCUT2D eigenvalue weighted by Crippen LogP contribution is 2.23. The third-order valence-corrected chi connectivity index (χ3v) is 3.87. The first-order valence-corrected chi connectivity index (χ1v) is 8.14. The Hall–Kier alpha value is -2.06. The van der Waals surface area contributed by atoms with Crippen LogP contribution >= 0.6 is 48.8 Å². The molecule has 160 valence electrons. The highest BCUT2D eigenvalue weighted by molar-refractivity contribution is 6.33. The van der Waals surface area contributed by atoms with Crippen molar-refractivity contribution < 1.29 is 14.5 Å². The maximum atomic E-state index is 12.9. The summed E-state index contributed by atoms with van der Waals surface area (Å²) >= 11 is 6.03. The summed E-state index contributed by atoms with van der Waals surface area (Å²) < 4.78 is 0. The lowest BCUT2D eigenvalue weighted by atomic mass is 10.1. The maximum absolute atomic E-state index is 12.9. The molecule has 2 amide bonds. The average Bonchev–Trinajstić information content (AvgIpc) is 2.58. The fourth-order valence-corrected chi connectivity index (χ4v) is 2.49. The van der Waals surface area contributed by atoms with Crippen LogP contribution in [-0.2, 0) is 0 Å². The van der Waals surface area contributed by atoms with Crippen molar-refractivity contribution in [2.75, 3.05) is 0 Å². The predicted octanol–water partition coefficient (Wildman–Crippen LogP) is 5.10. The summed E-state index contributed by atoms with van der Waals surface area (Å²) in [6.45, 7) is 5.10. The minimum absolute atomic E-state index is 0. The number of benzene rings is 2. The molecule has 0 aliphatic heterocycles. The molecule has 0 heterocycles. The molecular weight excluding hydrogens is 464 g/mol. The number of nitrogens with one attached hydrogen (secondary N) is 1. The molecule has 0 saturated carbocycles. The Balaban J connectivity index is 0. The first-order chi connectivity index (χ1) is 12.1. The van der Waals surface area contributed by atoms with Gasteiger partial charge in [0.05, 0.1) is 21.0 Å². The van der Waals surface area contributed by atoms with Gasteiger partial charge in [-0.2, -0.15) is 0 Å². The number of halogens is 4. The van der Waals surface area contributed by atoms with E-state index in [1.54, 1.807) is 39.0 Å². The number of amides is 2. The highest BCUT2D eigenvalue weighted by atomic mass is 35.5. The molecule has 29 heavy (non-hydrogen) atoms. The van der Waals surface area contributed by atoms with Crippen molar-refractivity contribution in [3.63, 3.8) is 0 Å². The van der Waals surface area contributed by atoms with E-state index in [1.807, 2.05) is 0 Å². The van der Waals surface area contributed by atoms with Gasteiger partial charge >= 0.3 is 0 Å². The van der Waals surface area contributed by atoms with Gasteiger partial charge in [0.25, 0.3) is 17.5 Å². The van der Waals surface area contributed by atoms with Crippen LogP contribution in [0.1, 0.15) is 41.5 Å². The average molecular weight is 485 g/mol. The summed E-state index contributed by atoms with van der Waals surface area (Å²) in [6.07, 6.45) is 0. The van der Waals surface area contributed by atoms with Crippen molar-refractivity contribution in [3.05, 3.63) is 74.8 Å². The third-order valence-electron chi connectivity index (χ3n) is 3.54. The minimum Gasteiger partial charge on any atom is -0.267 e. The van der Waals surface area contributed by atoms with Gasteiger partial charge in [-0.1, -0.05) is 35.9 Å². The number of carbonyl (C=O) groups excluding carboxylic acids is 2. The Morgan fingerprint density at radius 2 is 1.45 bits per heavy atom. The second-order valence-electron chi connectivity index (χ2n) is 6.51. The molecule has 2 rings (SSSR count). The quantitative estimate of drug-likeness (QED) is 0.484. The van der Waals surface area contributed by atoms with Gasteiger partial charge in [0.15, 0.2) is 0 Å². The molecule has 0 atom stereocenters. The van der Waals surface area contributed by atoms with Crippen LogP contribution in [0.2, 0.25) is 5.02 Å². The number of hydrogen-bond acceptors (Lipinski definition) is 4. The van der Waals surface area contributed by atoms with E-state index in [1.165, 1.54) is 30.3 Å². The lowest BCUT2D eigenvalue weighted by Gasteiger charge is -2.35. The Morgan fingerprint density at radius 1 is 0.966 bits per heavy atom. The van der Waals surface area contributed by atoms with Gasteiger partial charge in [-0.3, -0.25) is 25.1 Å². The zero-order chi connectivity index (χ0) is 19.5. The van der Waals surface area contributed by atoms with E-state index in [2.05, 4.69) is 5.43 Å². The number of hydrogen-bond donors (Lipinski definition) is 1. The van der Waals surface area contributed by atoms with Crippen LogP contribution in [-0.4, -0.2) is 27.3 Å². The number of hydrazine groups is 1. The van der Waals surface area contributed by atoms with E-state index in [0.29, 0.717) is 0 Å². The topological polar surface area (TPSA) is 92.6 Å². The van der Waals surface area contributed by atoms with E-state index >= 15 is 0 Å². The molecular formula is C18H21Cl4N3O4. The minimum atomic E-state index is -0.836. The van der Waals surface area contributed by atoms with E-state index in [-0.39, 0.29) is 59.1 Å². The van der Waals surface area contributed by atoms with Crippen molar-refractivity contribution in [2.45, 2.75) is 26.3 Å². The standard InChI is InChI=1S/C18H18ClN3O4.3ClH/c1-18(2,3)21(20-16(23)12-8-4-6-10-14(12)19)17(24)13-9-5-7-11-15(13)22(25)26;;;/h4-11H,1-3H3,(H,20,23);3*1H. The lowest BCUT2D eigenvalue weighted by molar-refractivity contribution is -0.385. The van der Waals surface area contributed by atoms with Crippen molar-refractivity contribution in [3.8, 4) is 0 Å². The first kappa shape index (κ1) is 29.1. The van der Waals surface area contributed by atoms with Gasteiger partial charge < -0.3 is 0 Å². The molecule has 7 nitrogen and oxygen atoms in total. The van der Waals surface area contributed by atoms with Crippen molar-refractivity contribution in [1.82, 2.24) is 10.4 Å². The number of para-hydroxylation sites is 1. The number of rotatable bonds is 3. The van der Waals surface area contributed by atoms with Crippen LogP contribution in [0.25, 0.3) is 0 Å². The van der Waals surface area contributed by atoms with Gasteiger partial charge in [-0.15, -0.1) is 37.2 Å². The Bertz CT molecular complexity index is 872. The van der Waals surface area contributed by atoms with Gasteiger partial charge in [0.1, 0.15) is 5.56 Å². The Morgan fingerprint density at radius 3 is 1.93 bits per heavy atom. The van der Waals surface area contributed by atoms with Crippen LogP contribution in [0.5, 0.6) is 0 Å². The Labute approximate surface area is 192 Å². The SMILES string of the molecule is CC(C)(C)N(NC(=O)c1ccccc1Cl)C(=O)c1ccccc1[N+](=O)[O-].Cl.Cl.Cl. The smallest absolute Gasteiger partial charge is 0.267 e. The molecule has 0 aliphatic rings. The maximum Gasteiger partial charge on any atom is 0.282 e. The second-order valence-corrected chi connectivity index (χ2v) is 6.91. The van der Waals surface area contributed by atoms with Gasteiger partial charge in [0.2, 0.25) is 0 Å². The van der Waals surface area contributed by atoms with Crippen LogP contribution in [0.15, 0.2) is 48.5 Å². The number of nitro benzene ring substituents is 1. The second kappa shape index (κ2) is 11.8. The molecule has 0 saturated heterocycles. The van der Waals surface area contributed by atoms with Crippen molar-refractivity contribution in [2.24, 2.45) is 0 Å². The third kappa shape index (κ3) is 7.04. The van der Waals surface area contributed by atoms with Crippen LogP contribution in [0.4, 0.5) is 5.69 Å². The van der Waals surface area contributed by atoms with E-state index in [0.717, 1.165) is 5.01 Å². The van der Waals surface area contributed by atoms with Crippen LogP contribution in [0, 0.1) is 10.1 Å². The van der Waals surface area contributed by atoms with E-state index < -0.39 is 22.3 Å². The summed E-state index contributed by atoms with van der Waals surface area (Å²) in [5, 5.41) is 12.5.